The van der Waals surface area contributed by atoms with Gasteiger partial charge in [0.1, 0.15) is 0 Å². The van der Waals surface area contributed by atoms with Crippen molar-refractivity contribution in [1.29, 1.82) is 0 Å². The summed E-state index contributed by atoms with van der Waals surface area (Å²) in [6, 6.07) is 16.7. The topological polar surface area (TPSA) is 37.4 Å². The van der Waals surface area contributed by atoms with Crippen molar-refractivity contribution in [2.75, 3.05) is 0 Å². The van der Waals surface area contributed by atoms with Crippen molar-refractivity contribution in [3.05, 3.63) is 99.2 Å². The third-order valence-corrected chi connectivity index (χ3v) is 7.20. The number of halogens is 1. The monoisotopic (exact) mass is 419 g/mol. The number of Topliss-reactive ketones (excluding diaryl/α,β-unsaturated/α-hetero) is 2. The van der Waals surface area contributed by atoms with Crippen LogP contribution in [-0.4, -0.2) is 27.8 Å². The Morgan fingerprint density at radius 2 is 1.83 bits per heavy atom. The van der Waals surface area contributed by atoms with E-state index in [1.165, 1.54) is 11.8 Å². The zero-order valence-corrected chi connectivity index (χ0v) is 17.3. The van der Waals surface area contributed by atoms with Crippen LogP contribution >= 0.6 is 23.4 Å². The maximum atomic E-state index is 13.4. The summed E-state index contributed by atoms with van der Waals surface area (Å²) in [5, 5.41) is 0.387. The Kier molecular flexibility index (Phi) is 4.49. The number of hydrogen-bond donors (Lipinski definition) is 0. The first kappa shape index (κ1) is 18.5. The highest BCUT2D eigenvalue weighted by Crippen LogP contribution is 2.49. The summed E-state index contributed by atoms with van der Waals surface area (Å²) in [5.74, 6) is 0.135. The molecule has 0 unspecified atom stereocenters. The molecule has 5 rings (SSSR count). The molecule has 5 heteroatoms. The highest BCUT2D eigenvalue weighted by atomic mass is 35.5. The van der Waals surface area contributed by atoms with Crippen molar-refractivity contribution in [3.63, 3.8) is 0 Å². The van der Waals surface area contributed by atoms with E-state index in [1.807, 2.05) is 55.5 Å². The molecule has 0 fully saturated rings. The number of allylic oxidation sites excluding steroid dienone is 3. The van der Waals surface area contributed by atoms with Gasteiger partial charge in [0.15, 0.2) is 5.78 Å². The lowest BCUT2D eigenvalue weighted by atomic mass is 9.95. The van der Waals surface area contributed by atoms with E-state index in [2.05, 4.69) is 11.0 Å². The van der Waals surface area contributed by atoms with Gasteiger partial charge in [0.2, 0.25) is 5.78 Å². The Balaban J connectivity index is 1.62. The molecular weight excluding hydrogens is 402 g/mol. The Hall–Kier alpha value is -2.56. The maximum absolute atomic E-state index is 13.4. The number of rotatable bonds is 3. The lowest BCUT2D eigenvalue weighted by molar-refractivity contribution is -0.111. The smallest absolute Gasteiger partial charge is 0.212 e. The molecule has 0 saturated carbocycles. The number of carbonyl (C=O) groups is 2. The third-order valence-electron chi connectivity index (χ3n) is 5.62. The average Bonchev–Trinajstić information content (AvgIpc) is 3.05. The first-order valence-corrected chi connectivity index (χ1v) is 10.8. The predicted octanol–water partition coefficient (Wildman–Crippen LogP) is 5.49. The van der Waals surface area contributed by atoms with E-state index >= 15 is 0 Å². The summed E-state index contributed by atoms with van der Waals surface area (Å²) in [6.07, 6.45) is 4.82. The molecule has 0 saturated heterocycles. The molecule has 0 spiro atoms. The highest BCUT2D eigenvalue weighted by molar-refractivity contribution is 8.04. The van der Waals surface area contributed by atoms with Gasteiger partial charge in [-0.3, -0.25) is 9.59 Å². The van der Waals surface area contributed by atoms with Crippen molar-refractivity contribution in [3.8, 4) is 0 Å². The molecule has 3 nitrogen and oxygen atoms in total. The van der Waals surface area contributed by atoms with Crippen LogP contribution in [-0.2, 0) is 4.79 Å². The van der Waals surface area contributed by atoms with Crippen molar-refractivity contribution in [2.24, 2.45) is 0 Å². The lowest BCUT2D eigenvalue weighted by Crippen LogP contribution is -2.47. The van der Waals surface area contributed by atoms with E-state index in [4.69, 9.17) is 11.6 Å². The predicted molar refractivity (Wildman–Crippen MR) is 118 cm³/mol. The van der Waals surface area contributed by atoms with Crippen LogP contribution < -0.4 is 0 Å². The minimum absolute atomic E-state index is 0.0227. The molecule has 144 valence electrons. The molecule has 3 heterocycles. The van der Waals surface area contributed by atoms with E-state index in [0.29, 0.717) is 21.9 Å². The second-order valence-electron chi connectivity index (χ2n) is 7.35. The van der Waals surface area contributed by atoms with Gasteiger partial charge in [0.25, 0.3) is 0 Å². The van der Waals surface area contributed by atoms with Gasteiger partial charge >= 0.3 is 0 Å². The average molecular weight is 420 g/mol. The van der Waals surface area contributed by atoms with Crippen LogP contribution in [0.4, 0.5) is 0 Å². The number of thioether (sulfide) groups is 1. The van der Waals surface area contributed by atoms with Gasteiger partial charge in [0, 0.05) is 15.5 Å². The molecule has 0 N–H and O–H groups in total. The molecule has 2 atom stereocenters. The third kappa shape index (κ3) is 2.90. The standard InChI is InChI=1S/C24H18ClNO2S/c1-14-21-23(28)20(15-10-12-17(25)13-11-15)18-8-5-9-19(26(18)21)24(29-14)22(27)16-6-3-2-4-7-16/h2-8,10-13,19,24H,9H2,1H3/t19-,24+/m0/s1. The Labute approximate surface area is 178 Å². The van der Waals surface area contributed by atoms with Crippen molar-refractivity contribution >= 4 is 40.5 Å². The minimum Gasteiger partial charge on any atom is -0.332 e. The summed E-state index contributed by atoms with van der Waals surface area (Å²) in [5.41, 5.74) is 3.84. The normalized spacial score (nSPS) is 23.0. The number of carbonyl (C=O) groups excluding carboxylic acids is 2. The van der Waals surface area contributed by atoms with Gasteiger partial charge in [-0.2, -0.15) is 0 Å². The lowest BCUT2D eigenvalue weighted by Gasteiger charge is -2.42. The fraction of sp³-hybridized carbons (Fsp3) is 0.167. The van der Waals surface area contributed by atoms with Crippen LogP contribution in [0.25, 0.3) is 5.57 Å². The number of ketones is 2. The van der Waals surface area contributed by atoms with Crippen LogP contribution in [0, 0.1) is 0 Å². The van der Waals surface area contributed by atoms with Gasteiger partial charge in [0.05, 0.1) is 28.3 Å². The highest BCUT2D eigenvalue weighted by Gasteiger charge is 2.48. The SMILES string of the molecule is CC1=C2C(=O)C(c3ccc(Cl)cc3)=C3C=CC[C@@H]([C@H](C(=O)c4ccccc4)S1)N32. The zero-order valence-electron chi connectivity index (χ0n) is 15.8. The van der Waals surface area contributed by atoms with E-state index in [9.17, 15) is 9.59 Å². The summed E-state index contributed by atoms with van der Waals surface area (Å²) in [7, 11) is 0. The van der Waals surface area contributed by atoms with Gasteiger partial charge < -0.3 is 4.90 Å². The number of benzene rings is 2. The molecule has 0 aromatic heterocycles. The van der Waals surface area contributed by atoms with Crippen LogP contribution in [0.2, 0.25) is 5.02 Å². The molecule has 0 bridgehead atoms. The minimum atomic E-state index is -0.251. The van der Waals surface area contributed by atoms with Gasteiger partial charge in [-0.25, -0.2) is 0 Å². The summed E-state index contributed by atoms with van der Waals surface area (Å²) < 4.78 is 0. The first-order valence-electron chi connectivity index (χ1n) is 9.54. The zero-order chi connectivity index (χ0) is 20.1. The molecule has 0 aliphatic carbocycles. The first-order chi connectivity index (χ1) is 14.1. The summed E-state index contributed by atoms with van der Waals surface area (Å²) in [4.78, 5) is 29.7. The fourth-order valence-corrected chi connectivity index (χ4v) is 5.76. The van der Waals surface area contributed by atoms with Gasteiger partial charge in [-0.15, -0.1) is 11.8 Å². The van der Waals surface area contributed by atoms with Crippen molar-refractivity contribution < 1.29 is 9.59 Å². The van der Waals surface area contributed by atoms with Crippen LogP contribution in [0.3, 0.4) is 0 Å². The summed E-state index contributed by atoms with van der Waals surface area (Å²) in [6.45, 7) is 1.94. The van der Waals surface area contributed by atoms with E-state index < -0.39 is 0 Å². The van der Waals surface area contributed by atoms with Crippen molar-refractivity contribution in [1.82, 2.24) is 4.90 Å². The molecule has 0 amide bonds. The quantitative estimate of drug-likeness (QED) is 0.616. The van der Waals surface area contributed by atoms with E-state index in [0.717, 1.165) is 22.6 Å². The largest absolute Gasteiger partial charge is 0.332 e. The number of nitrogens with zero attached hydrogens (tertiary/aromatic N) is 1. The fourth-order valence-electron chi connectivity index (χ4n) is 4.32. The maximum Gasteiger partial charge on any atom is 0.212 e. The van der Waals surface area contributed by atoms with Gasteiger partial charge in [-0.05, 0) is 37.1 Å². The Morgan fingerprint density at radius 1 is 1.10 bits per heavy atom. The van der Waals surface area contributed by atoms with Gasteiger partial charge in [-0.1, -0.05) is 60.1 Å². The van der Waals surface area contributed by atoms with E-state index in [1.54, 1.807) is 12.1 Å². The van der Waals surface area contributed by atoms with E-state index in [-0.39, 0.29) is 22.9 Å². The van der Waals surface area contributed by atoms with Crippen LogP contribution in [0.5, 0.6) is 0 Å². The molecule has 29 heavy (non-hydrogen) atoms. The molecule has 3 aliphatic rings. The summed E-state index contributed by atoms with van der Waals surface area (Å²) >= 11 is 7.56. The van der Waals surface area contributed by atoms with Crippen LogP contribution in [0.1, 0.15) is 29.3 Å². The molecule has 2 aromatic rings. The molecule has 0 radical (unpaired) electrons. The second-order valence-corrected chi connectivity index (χ2v) is 9.14. The second kappa shape index (κ2) is 7.05. The Morgan fingerprint density at radius 3 is 2.55 bits per heavy atom. The molecular formula is C24H18ClNO2S. The number of hydrogen-bond acceptors (Lipinski definition) is 4. The van der Waals surface area contributed by atoms with Crippen molar-refractivity contribution in [2.45, 2.75) is 24.6 Å². The molecule has 3 aliphatic heterocycles. The van der Waals surface area contributed by atoms with Crippen LogP contribution in [0.15, 0.2) is 83.0 Å². The molecule has 2 aromatic carbocycles. The Bertz CT molecular complexity index is 1120.